The van der Waals surface area contributed by atoms with Gasteiger partial charge in [0.1, 0.15) is 0 Å². The number of hydrogen-bond acceptors (Lipinski definition) is 4. The Labute approximate surface area is 115 Å². The fourth-order valence-electron chi connectivity index (χ4n) is 2.42. The second kappa shape index (κ2) is 8.15. The molecule has 1 fully saturated rings. The largest absolute Gasteiger partial charge is 0.466 e. The van der Waals surface area contributed by atoms with Crippen LogP contribution < -0.4 is 5.32 Å². The summed E-state index contributed by atoms with van der Waals surface area (Å²) < 4.78 is 4.90. The zero-order valence-electron chi connectivity index (χ0n) is 12.3. The highest BCUT2D eigenvalue weighted by Gasteiger charge is 2.23. The van der Waals surface area contributed by atoms with Crippen LogP contribution in [0.25, 0.3) is 0 Å². The lowest BCUT2D eigenvalue weighted by Gasteiger charge is -2.30. The van der Waals surface area contributed by atoms with Gasteiger partial charge in [-0.25, -0.2) is 0 Å². The third kappa shape index (κ3) is 5.59. The zero-order valence-corrected chi connectivity index (χ0v) is 12.3. The van der Waals surface area contributed by atoms with E-state index in [4.69, 9.17) is 4.74 Å². The van der Waals surface area contributed by atoms with E-state index in [1.54, 1.807) is 6.92 Å². The molecule has 2 atom stereocenters. The van der Waals surface area contributed by atoms with Gasteiger partial charge in [0, 0.05) is 19.1 Å². The Morgan fingerprint density at radius 2 is 1.84 bits per heavy atom. The number of carbonyl (C=O) groups is 2. The molecule has 0 aromatic rings. The molecule has 110 valence electrons. The number of ether oxygens (including phenoxy) is 1. The molecule has 5 heteroatoms. The van der Waals surface area contributed by atoms with Crippen LogP contribution in [0.4, 0.5) is 0 Å². The third-order valence-electron chi connectivity index (χ3n) is 3.35. The Hall–Kier alpha value is -1.10. The molecule has 2 unspecified atom stereocenters. The van der Waals surface area contributed by atoms with E-state index in [0.29, 0.717) is 13.0 Å². The molecule has 5 nitrogen and oxygen atoms in total. The Bertz CT molecular complexity index is 301. The van der Waals surface area contributed by atoms with Crippen LogP contribution in [0.5, 0.6) is 0 Å². The van der Waals surface area contributed by atoms with Crippen molar-refractivity contribution in [1.29, 1.82) is 0 Å². The summed E-state index contributed by atoms with van der Waals surface area (Å²) in [5.74, 6) is -0.0875. The van der Waals surface area contributed by atoms with Crippen LogP contribution in [0.3, 0.4) is 0 Å². The van der Waals surface area contributed by atoms with Crippen LogP contribution in [0, 0.1) is 0 Å². The SMILES string of the molecule is CCOC(=O)CC(C)NC(C)C(=O)N1CCCCC1. The van der Waals surface area contributed by atoms with Crippen molar-refractivity contribution < 1.29 is 14.3 Å². The number of nitrogens with one attached hydrogen (secondary N) is 1. The van der Waals surface area contributed by atoms with Crippen molar-refractivity contribution in [2.75, 3.05) is 19.7 Å². The molecule has 1 aliphatic rings. The average molecular weight is 270 g/mol. The van der Waals surface area contributed by atoms with Gasteiger partial charge in [-0.05, 0) is 40.0 Å². The summed E-state index contributed by atoms with van der Waals surface area (Å²) in [6.45, 7) is 7.66. The van der Waals surface area contributed by atoms with Gasteiger partial charge in [-0.3, -0.25) is 9.59 Å². The third-order valence-corrected chi connectivity index (χ3v) is 3.35. The molecular formula is C14H26N2O3. The number of nitrogens with zero attached hydrogens (tertiary/aromatic N) is 1. The van der Waals surface area contributed by atoms with Gasteiger partial charge >= 0.3 is 5.97 Å². The molecule has 0 aromatic carbocycles. The maximum absolute atomic E-state index is 12.2. The Balaban J connectivity index is 2.33. The maximum Gasteiger partial charge on any atom is 0.307 e. The highest BCUT2D eigenvalue weighted by atomic mass is 16.5. The van der Waals surface area contributed by atoms with Crippen molar-refractivity contribution in [2.24, 2.45) is 0 Å². The summed E-state index contributed by atoms with van der Waals surface area (Å²) in [7, 11) is 0. The van der Waals surface area contributed by atoms with Gasteiger partial charge in [0.2, 0.25) is 5.91 Å². The molecule has 0 spiro atoms. The van der Waals surface area contributed by atoms with Gasteiger partial charge in [-0.1, -0.05) is 0 Å². The number of likely N-dealkylation sites (tertiary alicyclic amines) is 1. The van der Waals surface area contributed by atoms with E-state index in [9.17, 15) is 9.59 Å². The minimum Gasteiger partial charge on any atom is -0.466 e. The molecule has 0 saturated carbocycles. The van der Waals surface area contributed by atoms with Gasteiger partial charge in [0.25, 0.3) is 0 Å². The minimum absolute atomic E-state index is 0.0530. The summed E-state index contributed by atoms with van der Waals surface area (Å²) in [5, 5.41) is 3.17. The van der Waals surface area contributed by atoms with Crippen molar-refractivity contribution >= 4 is 11.9 Å². The first-order valence-electron chi connectivity index (χ1n) is 7.25. The van der Waals surface area contributed by atoms with E-state index in [1.165, 1.54) is 6.42 Å². The first-order valence-corrected chi connectivity index (χ1v) is 7.25. The van der Waals surface area contributed by atoms with Crippen molar-refractivity contribution in [1.82, 2.24) is 10.2 Å². The molecule has 19 heavy (non-hydrogen) atoms. The van der Waals surface area contributed by atoms with Crippen LogP contribution in [0.2, 0.25) is 0 Å². The monoisotopic (exact) mass is 270 g/mol. The first kappa shape index (κ1) is 16.0. The number of rotatable bonds is 6. The lowest BCUT2D eigenvalue weighted by Crippen LogP contribution is -2.49. The smallest absolute Gasteiger partial charge is 0.307 e. The van der Waals surface area contributed by atoms with Crippen LogP contribution in [0.15, 0.2) is 0 Å². The zero-order chi connectivity index (χ0) is 14.3. The van der Waals surface area contributed by atoms with Gasteiger partial charge in [-0.15, -0.1) is 0 Å². The molecule has 0 bridgehead atoms. The number of hydrogen-bond donors (Lipinski definition) is 1. The van der Waals surface area contributed by atoms with E-state index in [-0.39, 0.29) is 24.0 Å². The summed E-state index contributed by atoms with van der Waals surface area (Å²) >= 11 is 0. The van der Waals surface area contributed by atoms with Gasteiger partial charge in [-0.2, -0.15) is 0 Å². The summed E-state index contributed by atoms with van der Waals surface area (Å²) in [6.07, 6.45) is 3.70. The average Bonchev–Trinajstić information content (AvgIpc) is 2.38. The van der Waals surface area contributed by atoms with Gasteiger partial charge < -0.3 is 15.0 Å². The Morgan fingerprint density at radius 1 is 1.21 bits per heavy atom. The first-order chi connectivity index (χ1) is 9.04. The standard InChI is InChI=1S/C14H26N2O3/c1-4-19-13(17)10-11(2)15-12(3)14(18)16-8-6-5-7-9-16/h11-12,15H,4-10H2,1-3H3. The molecule has 0 radical (unpaired) electrons. The second-order valence-electron chi connectivity index (χ2n) is 5.18. The van der Waals surface area contributed by atoms with Crippen molar-refractivity contribution in [3.8, 4) is 0 Å². The van der Waals surface area contributed by atoms with E-state index >= 15 is 0 Å². The van der Waals surface area contributed by atoms with Crippen LogP contribution >= 0.6 is 0 Å². The van der Waals surface area contributed by atoms with Crippen LogP contribution in [0.1, 0.15) is 46.5 Å². The molecule has 1 aliphatic heterocycles. The summed E-state index contributed by atoms with van der Waals surface area (Å²) in [5.41, 5.74) is 0. The fourth-order valence-corrected chi connectivity index (χ4v) is 2.42. The normalized spacial score (nSPS) is 18.8. The van der Waals surface area contributed by atoms with Crippen LogP contribution in [-0.2, 0) is 14.3 Å². The topological polar surface area (TPSA) is 58.6 Å². The quantitative estimate of drug-likeness (QED) is 0.740. The number of amides is 1. The predicted molar refractivity (Wildman–Crippen MR) is 73.7 cm³/mol. The lowest BCUT2D eigenvalue weighted by atomic mass is 10.1. The molecule has 0 aliphatic carbocycles. The highest BCUT2D eigenvalue weighted by molar-refractivity contribution is 5.81. The summed E-state index contributed by atoms with van der Waals surface area (Å²) in [6, 6.07) is -0.301. The summed E-state index contributed by atoms with van der Waals surface area (Å²) in [4.78, 5) is 25.5. The second-order valence-corrected chi connectivity index (χ2v) is 5.18. The molecule has 1 rings (SSSR count). The number of piperidine rings is 1. The fraction of sp³-hybridized carbons (Fsp3) is 0.857. The van der Waals surface area contributed by atoms with E-state index < -0.39 is 0 Å². The molecule has 1 N–H and O–H groups in total. The van der Waals surface area contributed by atoms with E-state index in [1.807, 2.05) is 18.7 Å². The van der Waals surface area contributed by atoms with E-state index in [0.717, 1.165) is 25.9 Å². The Kier molecular flexibility index (Phi) is 6.84. The minimum atomic E-state index is -0.248. The molecular weight excluding hydrogens is 244 g/mol. The molecule has 1 heterocycles. The van der Waals surface area contributed by atoms with Gasteiger partial charge in [0.05, 0.1) is 19.1 Å². The molecule has 0 aromatic heterocycles. The van der Waals surface area contributed by atoms with Gasteiger partial charge in [0.15, 0.2) is 0 Å². The van der Waals surface area contributed by atoms with Crippen molar-refractivity contribution in [2.45, 2.75) is 58.5 Å². The Morgan fingerprint density at radius 3 is 2.42 bits per heavy atom. The predicted octanol–water partition coefficient (Wildman–Crippen LogP) is 1.32. The molecule has 1 amide bonds. The maximum atomic E-state index is 12.2. The van der Waals surface area contributed by atoms with E-state index in [2.05, 4.69) is 5.32 Å². The van der Waals surface area contributed by atoms with Crippen molar-refractivity contribution in [3.63, 3.8) is 0 Å². The molecule has 1 saturated heterocycles. The number of esters is 1. The van der Waals surface area contributed by atoms with Crippen molar-refractivity contribution in [3.05, 3.63) is 0 Å². The highest BCUT2D eigenvalue weighted by Crippen LogP contribution is 2.10. The lowest BCUT2D eigenvalue weighted by molar-refractivity contribution is -0.144. The number of carbonyl (C=O) groups excluding carboxylic acids is 2. The van der Waals surface area contributed by atoms with Crippen LogP contribution in [-0.4, -0.2) is 48.6 Å².